The van der Waals surface area contributed by atoms with Gasteiger partial charge in [-0.1, -0.05) is 133 Å². The topological polar surface area (TPSA) is 53.5 Å². The summed E-state index contributed by atoms with van der Waals surface area (Å²) >= 11 is 0. The highest BCUT2D eigenvalue weighted by Gasteiger charge is 2.20. The van der Waals surface area contributed by atoms with E-state index in [4.69, 9.17) is 15.0 Å². The zero-order valence-corrected chi connectivity index (χ0v) is 30.7. The fourth-order valence-electron chi connectivity index (χ4n) is 8.81. The van der Waals surface area contributed by atoms with E-state index in [1.165, 1.54) is 32.6 Å². The molecular weight excluding hydrogens is 697 g/mol. The predicted octanol–water partition coefficient (Wildman–Crippen LogP) is 12.5. The lowest BCUT2D eigenvalue weighted by Crippen LogP contribution is -2.06. The summed E-state index contributed by atoms with van der Waals surface area (Å²) in [5, 5.41) is 7.21. The lowest BCUT2D eigenvalue weighted by atomic mass is 10.1. The summed E-state index contributed by atoms with van der Waals surface area (Å²) in [6, 6.07) is 68.5. The van der Waals surface area contributed by atoms with Crippen molar-refractivity contribution in [1.29, 1.82) is 0 Å². The minimum absolute atomic E-state index is 0.580. The molecule has 0 amide bonds. The molecule has 6 nitrogen and oxygen atoms in total. The second-order valence-corrected chi connectivity index (χ2v) is 14.5. The first-order valence-electron chi connectivity index (χ1n) is 19.2. The Labute approximate surface area is 327 Å². The van der Waals surface area contributed by atoms with Crippen LogP contribution >= 0.6 is 0 Å². The number of fused-ring (bicyclic) bond motifs is 9. The van der Waals surface area contributed by atoms with Crippen molar-refractivity contribution in [3.05, 3.63) is 194 Å². The maximum absolute atomic E-state index is 5.24. The van der Waals surface area contributed by atoms with Crippen LogP contribution in [-0.4, -0.2) is 28.7 Å². The zero-order valence-electron chi connectivity index (χ0n) is 30.7. The molecule has 6 heteroatoms. The molecule has 0 atom stereocenters. The normalized spacial score (nSPS) is 11.9. The average Bonchev–Trinajstić information content (AvgIpc) is 3.92. The fraction of sp³-hybridized carbons (Fsp3) is 0. The van der Waals surface area contributed by atoms with Gasteiger partial charge in [0.1, 0.15) is 0 Å². The highest BCUT2D eigenvalue weighted by molar-refractivity contribution is 6.12. The van der Waals surface area contributed by atoms with E-state index in [2.05, 4.69) is 190 Å². The van der Waals surface area contributed by atoms with Gasteiger partial charge in [-0.25, -0.2) is 4.98 Å². The fourth-order valence-corrected chi connectivity index (χ4v) is 8.81. The zero-order chi connectivity index (χ0) is 37.5. The first-order valence-corrected chi connectivity index (χ1v) is 19.2. The summed E-state index contributed by atoms with van der Waals surface area (Å²) < 4.78 is 6.90. The SMILES string of the molecule is c1ccc(-c2nc(-c3cccc(-n4c5ccccc5c5cc(-n6c7ccccc7c7ccccc76)ccc54)c3)nc(-n3c4ccccc4c4ccccc43)n2)cc1. The van der Waals surface area contributed by atoms with E-state index in [-0.39, 0.29) is 0 Å². The van der Waals surface area contributed by atoms with Gasteiger partial charge in [0.2, 0.25) is 5.95 Å². The van der Waals surface area contributed by atoms with Gasteiger partial charge in [0.25, 0.3) is 0 Å². The van der Waals surface area contributed by atoms with Crippen LogP contribution in [0.15, 0.2) is 194 Å². The van der Waals surface area contributed by atoms with E-state index >= 15 is 0 Å². The first kappa shape index (κ1) is 31.5. The minimum Gasteiger partial charge on any atom is -0.309 e. The summed E-state index contributed by atoms with van der Waals surface area (Å²) in [7, 11) is 0. The summed E-state index contributed by atoms with van der Waals surface area (Å²) in [6.45, 7) is 0. The van der Waals surface area contributed by atoms with Crippen LogP contribution in [0.25, 0.3) is 106 Å². The third-order valence-corrected chi connectivity index (χ3v) is 11.3. The van der Waals surface area contributed by atoms with Gasteiger partial charge in [-0.05, 0) is 60.7 Å². The molecule has 12 rings (SSSR count). The van der Waals surface area contributed by atoms with Crippen molar-refractivity contribution >= 4 is 65.4 Å². The first-order chi connectivity index (χ1) is 28.3. The molecule has 0 aliphatic rings. The Morgan fingerprint density at radius 3 is 1.21 bits per heavy atom. The molecule has 0 bridgehead atoms. The van der Waals surface area contributed by atoms with Crippen LogP contribution in [0.2, 0.25) is 0 Å². The van der Waals surface area contributed by atoms with Gasteiger partial charge in [0, 0.05) is 54.8 Å². The molecule has 0 spiro atoms. The van der Waals surface area contributed by atoms with Crippen LogP contribution in [0, 0.1) is 0 Å². The maximum atomic E-state index is 5.24. The Morgan fingerprint density at radius 2 is 0.667 bits per heavy atom. The van der Waals surface area contributed by atoms with Gasteiger partial charge >= 0.3 is 0 Å². The molecule has 0 unspecified atom stereocenters. The van der Waals surface area contributed by atoms with E-state index in [0.717, 1.165) is 55.3 Å². The van der Waals surface area contributed by atoms with Gasteiger partial charge in [-0.15, -0.1) is 0 Å². The smallest absolute Gasteiger partial charge is 0.238 e. The summed E-state index contributed by atoms with van der Waals surface area (Å²) in [6.07, 6.45) is 0. The van der Waals surface area contributed by atoms with Gasteiger partial charge in [0.05, 0.1) is 33.1 Å². The van der Waals surface area contributed by atoms with Crippen molar-refractivity contribution in [2.75, 3.05) is 0 Å². The molecule has 57 heavy (non-hydrogen) atoms. The van der Waals surface area contributed by atoms with Gasteiger partial charge in [-0.2, -0.15) is 9.97 Å². The van der Waals surface area contributed by atoms with E-state index in [1.807, 2.05) is 18.2 Å². The average molecular weight is 729 g/mol. The summed E-state index contributed by atoms with van der Waals surface area (Å²) in [4.78, 5) is 15.5. The number of para-hydroxylation sites is 5. The Morgan fingerprint density at radius 1 is 0.263 bits per heavy atom. The monoisotopic (exact) mass is 728 g/mol. The van der Waals surface area contributed by atoms with Crippen molar-refractivity contribution in [3.8, 4) is 40.1 Å². The minimum atomic E-state index is 0.580. The van der Waals surface area contributed by atoms with Crippen molar-refractivity contribution in [2.24, 2.45) is 0 Å². The van der Waals surface area contributed by atoms with Crippen molar-refractivity contribution in [3.63, 3.8) is 0 Å². The Bertz CT molecular complexity index is 3430. The molecule has 266 valence electrons. The molecule has 0 aliphatic carbocycles. The van der Waals surface area contributed by atoms with E-state index in [9.17, 15) is 0 Å². The second kappa shape index (κ2) is 12.3. The molecule has 0 N–H and O–H groups in total. The third-order valence-electron chi connectivity index (χ3n) is 11.3. The van der Waals surface area contributed by atoms with Crippen molar-refractivity contribution in [1.82, 2.24) is 28.7 Å². The van der Waals surface area contributed by atoms with Crippen LogP contribution in [-0.2, 0) is 0 Å². The molecule has 0 aliphatic heterocycles. The number of nitrogens with zero attached hydrogens (tertiary/aromatic N) is 6. The van der Waals surface area contributed by atoms with Gasteiger partial charge in [0.15, 0.2) is 11.6 Å². The number of hydrogen-bond acceptors (Lipinski definition) is 3. The molecule has 4 aromatic heterocycles. The lowest BCUT2D eigenvalue weighted by Gasteiger charge is -2.13. The van der Waals surface area contributed by atoms with Gasteiger partial charge < -0.3 is 9.13 Å². The molecular formula is C51H32N6. The lowest BCUT2D eigenvalue weighted by molar-refractivity contribution is 0.953. The van der Waals surface area contributed by atoms with Crippen LogP contribution in [0.4, 0.5) is 0 Å². The predicted molar refractivity (Wildman–Crippen MR) is 234 cm³/mol. The summed E-state index contributed by atoms with van der Waals surface area (Å²) in [5.41, 5.74) is 10.8. The maximum Gasteiger partial charge on any atom is 0.238 e. The Hall–Kier alpha value is -7.83. The van der Waals surface area contributed by atoms with Crippen LogP contribution in [0.3, 0.4) is 0 Å². The van der Waals surface area contributed by atoms with Crippen LogP contribution in [0.5, 0.6) is 0 Å². The Balaban J connectivity index is 1.06. The largest absolute Gasteiger partial charge is 0.309 e. The summed E-state index contributed by atoms with van der Waals surface area (Å²) in [5.74, 6) is 1.81. The number of aromatic nitrogens is 6. The quantitative estimate of drug-likeness (QED) is 0.177. The van der Waals surface area contributed by atoms with Crippen molar-refractivity contribution < 1.29 is 0 Å². The molecule has 0 saturated carbocycles. The van der Waals surface area contributed by atoms with E-state index in [1.54, 1.807) is 0 Å². The van der Waals surface area contributed by atoms with Gasteiger partial charge in [-0.3, -0.25) is 4.57 Å². The molecule has 0 radical (unpaired) electrons. The Kier molecular flexibility index (Phi) is 6.83. The van der Waals surface area contributed by atoms with Crippen molar-refractivity contribution in [2.45, 2.75) is 0 Å². The number of benzene rings is 8. The second-order valence-electron chi connectivity index (χ2n) is 14.5. The number of rotatable bonds is 5. The molecule has 12 aromatic rings. The molecule has 8 aromatic carbocycles. The highest BCUT2D eigenvalue weighted by atomic mass is 15.2. The van der Waals surface area contributed by atoms with E-state index in [0.29, 0.717) is 17.6 Å². The third kappa shape index (κ3) is 4.81. The molecule has 0 saturated heterocycles. The standard InChI is InChI=1S/C51H32N6/c1-2-15-33(16-3-1)49-52-50(54-51(53-49)57-46-27-12-6-21-39(46)40-22-7-13-28-47(40)57)34-17-14-18-35(31-34)55-45-26-11-8-23-41(45)42-32-36(29-30-48(42)55)56-43-24-9-4-19-37(43)38-20-5-10-25-44(38)56/h1-32H. The highest BCUT2D eigenvalue weighted by Crippen LogP contribution is 2.38. The molecule has 0 fully saturated rings. The van der Waals surface area contributed by atoms with Crippen LogP contribution in [0.1, 0.15) is 0 Å². The number of hydrogen-bond donors (Lipinski definition) is 0. The molecule has 4 heterocycles. The van der Waals surface area contributed by atoms with Crippen LogP contribution < -0.4 is 0 Å². The van der Waals surface area contributed by atoms with E-state index < -0.39 is 0 Å².